The molecule has 0 bridgehead atoms. The number of hydrogen-bond acceptors (Lipinski definition) is 8. The molecule has 1 saturated heterocycles. The molecule has 1 N–H and O–H groups in total. The maximum Gasteiger partial charge on any atom is 0.420 e. The van der Waals surface area contributed by atoms with Crippen LogP contribution in [0.2, 0.25) is 0 Å². The first kappa shape index (κ1) is 26.8. The van der Waals surface area contributed by atoms with Gasteiger partial charge in [-0.15, -0.1) is 0 Å². The third kappa shape index (κ3) is 5.92. The molecule has 10 nitrogen and oxygen atoms in total. The zero-order chi connectivity index (χ0) is 25.5. The third-order valence-electron chi connectivity index (χ3n) is 5.98. The number of hydrogen-bond donors (Lipinski definition) is 1. The van der Waals surface area contributed by atoms with Gasteiger partial charge in [0.1, 0.15) is 18.8 Å². The van der Waals surface area contributed by atoms with Crippen molar-refractivity contribution in [2.24, 2.45) is 5.92 Å². The summed E-state index contributed by atoms with van der Waals surface area (Å²) in [5, 5.41) is 2.80. The van der Waals surface area contributed by atoms with Gasteiger partial charge < -0.3 is 19.5 Å². The second kappa shape index (κ2) is 11.6. The van der Waals surface area contributed by atoms with E-state index in [-0.39, 0.29) is 31.2 Å². The van der Waals surface area contributed by atoms with Crippen molar-refractivity contribution >= 4 is 35.5 Å². The lowest BCUT2D eigenvalue weighted by molar-refractivity contribution is -0.149. The number of para-hydroxylation sites is 1. The second-order valence-electron chi connectivity index (χ2n) is 8.24. The van der Waals surface area contributed by atoms with Crippen molar-refractivity contribution in [2.75, 3.05) is 25.2 Å². The number of nitrogens with zero attached hydrogens (tertiary/aromatic N) is 1. The van der Waals surface area contributed by atoms with E-state index in [1.807, 2.05) is 13.8 Å². The van der Waals surface area contributed by atoms with Gasteiger partial charge in [-0.2, -0.15) is 0 Å². The van der Waals surface area contributed by atoms with E-state index >= 15 is 0 Å². The van der Waals surface area contributed by atoms with Gasteiger partial charge in [0, 0.05) is 32.1 Å². The molecule has 0 spiro atoms. The molecule has 1 aliphatic heterocycles. The Kier molecular flexibility index (Phi) is 9.17. The number of carbonyl (C=O) groups is 5. The van der Waals surface area contributed by atoms with E-state index in [1.54, 1.807) is 24.3 Å². The summed E-state index contributed by atoms with van der Waals surface area (Å²) in [5.41, 5.74) is -0.558. The van der Waals surface area contributed by atoms with Gasteiger partial charge in [-0.25, -0.2) is 9.69 Å². The lowest BCUT2D eigenvalue weighted by Gasteiger charge is -2.36. The van der Waals surface area contributed by atoms with E-state index in [9.17, 15) is 24.0 Å². The number of ether oxygens (including phenoxy) is 3. The molecule has 1 aliphatic rings. The molecule has 1 heterocycles. The van der Waals surface area contributed by atoms with Crippen molar-refractivity contribution in [3.63, 3.8) is 0 Å². The summed E-state index contributed by atoms with van der Waals surface area (Å²) in [6.07, 6.45) is 0.162. The molecule has 1 aromatic carbocycles. The van der Waals surface area contributed by atoms with Gasteiger partial charge >= 0.3 is 18.0 Å². The lowest BCUT2D eigenvalue weighted by atomic mass is 9.80. The summed E-state index contributed by atoms with van der Waals surface area (Å²) in [5.74, 6) is -3.02. The normalized spacial score (nSPS) is 16.5. The molecule has 1 fully saturated rings. The first-order chi connectivity index (χ1) is 16.1. The average Bonchev–Trinajstić information content (AvgIpc) is 3.14. The number of benzene rings is 1. The van der Waals surface area contributed by atoms with Crippen LogP contribution in [0.25, 0.3) is 0 Å². The summed E-state index contributed by atoms with van der Waals surface area (Å²) < 4.78 is 15.4. The number of amides is 3. The standard InChI is InChI=1S/C24H32N2O8/c1-6-17(7-2)22(30)26(23(31)32-5)20-11-9-8-10-18(20)19-12-21(29)25-24(19,13-33-15(3)27)14-34-16(4)28/h8-11,17,19H,6-7,12-14H2,1-5H3,(H,25,29). The summed E-state index contributed by atoms with van der Waals surface area (Å²) in [6.45, 7) is 5.64. The number of rotatable bonds is 9. The molecule has 34 heavy (non-hydrogen) atoms. The van der Waals surface area contributed by atoms with E-state index in [1.165, 1.54) is 21.0 Å². The molecule has 1 unspecified atom stereocenters. The lowest BCUT2D eigenvalue weighted by Crippen LogP contribution is -2.54. The fraction of sp³-hybridized carbons (Fsp3) is 0.542. The van der Waals surface area contributed by atoms with Gasteiger partial charge in [0.25, 0.3) is 0 Å². The molecule has 0 radical (unpaired) electrons. The van der Waals surface area contributed by atoms with E-state index < -0.39 is 41.3 Å². The molecule has 186 valence electrons. The first-order valence-corrected chi connectivity index (χ1v) is 11.2. The first-order valence-electron chi connectivity index (χ1n) is 11.2. The Morgan fingerprint density at radius 2 is 1.62 bits per heavy atom. The monoisotopic (exact) mass is 476 g/mol. The zero-order valence-electron chi connectivity index (χ0n) is 20.2. The summed E-state index contributed by atoms with van der Waals surface area (Å²) >= 11 is 0. The van der Waals surface area contributed by atoms with E-state index in [0.29, 0.717) is 18.4 Å². The smallest absolute Gasteiger partial charge is 0.420 e. The van der Waals surface area contributed by atoms with Crippen LogP contribution < -0.4 is 10.2 Å². The SMILES string of the molecule is CCC(CC)C(=O)N(C(=O)OC)c1ccccc1C1CC(=O)NC1(COC(C)=O)COC(C)=O. The molecule has 0 aliphatic carbocycles. The number of methoxy groups -OCH3 is 1. The number of anilines is 1. The molecule has 10 heteroatoms. The highest BCUT2D eigenvalue weighted by molar-refractivity contribution is 6.13. The number of imide groups is 1. The van der Waals surface area contributed by atoms with Gasteiger partial charge in [0.05, 0.1) is 12.8 Å². The van der Waals surface area contributed by atoms with Crippen LogP contribution in [0.3, 0.4) is 0 Å². The summed E-state index contributed by atoms with van der Waals surface area (Å²) in [7, 11) is 1.18. The Balaban J connectivity index is 2.64. The molecule has 1 atom stereocenters. The quantitative estimate of drug-likeness (QED) is 0.426. The van der Waals surface area contributed by atoms with Crippen LogP contribution in [0.15, 0.2) is 24.3 Å². The minimum Gasteiger partial charge on any atom is -0.463 e. The Bertz CT molecular complexity index is 923. The molecular formula is C24H32N2O8. The highest BCUT2D eigenvalue weighted by Gasteiger charge is 2.51. The van der Waals surface area contributed by atoms with Crippen LogP contribution >= 0.6 is 0 Å². The van der Waals surface area contributed by atoms with Crippen LogP contribution in [-0.4, -0.2) is 55.7 Å². The number of esters is 2. The van der Waals surface area contributed by atoms with Crippen molar-refractivity contribution in [3.05, 3.63) is 29.8 Å². The van der Waals surface area contributed by atoms with Crippen molar-refractivity contribution in [1.82, 2.24) is 5.32 Å². The fourth-order valence-corrected chi connectivity index (χ4v) is 4.18. The van der Waals surface area contributed by atoms with Crippen LogP contribution in [-0.2, 0) is 33.4 Å². The van der Waals surface area contributed by atoms with Gasteiger partial charge in [-0.3, -0.25) is 19.2 Å². The van der Waals surface area contributed by atoms with Crippen LogP contribution in [0.5, 0.6) is 0 Å². The van der Waals surface area contributed by atoms with Crippen LogP contribution in [0.1, 0.15) is 58.4 Å². The van der Waals surface area contributed by atoms with Crippen molar-refractivity contribution in [2.45, 2.75) is 58.4 Å². The molecule has 0 saturated carbocycles. The maximum atomic E-state index is 13.3. The van der Waals surface area contributed by atoms with Crippen LogP contribution in [0, 0.1) is 5.92 Å². The topological polar surface area (TPSA) is 128 Å². The van der Waals surface area contributed by atoms with Gasteiger partial charge in [0.15, 0.2) is 0 Å². The fourth-order valence-electron chi connectivity index (χ4n) is 4.18. The number of carbonyl (C=O) groups excluding carboxylic acids is 5. The zero-order valence-corrected chi connectivity index (χ0v) is 20.2. The predicted molar refractivity (Wildman–Crippen MR) is 122 cm³/mol. The van der Waals surface area contributed by atoms with Crippen LogP contribution in [0.4, 0.5) is 10.5 Å². The van der Waals surface area contributed by atoms with E-state index in [4.69, 9.17) is 14.2 Å². The molecule has 1 aromatic rings. The molecule has 0 aromatic heterocycles. The molecule has 2 rings (SSSR count). The Labute approximate surface area is 198 Å². The number of nitrogens with one attached hydrogen (secondary N) is 1. The van der Waals surface area contributed by atoms with Crippen molar-refractivity contribution in [3.8, 4) is 0 Å². The predicted octanol–water partition coefficient (Wildman–Crippen LogP) is 2.69. The van der Waals surface area contributed by atoms with Gasteiger partial charge in [-0.05, 0) is 24.5 Å². The Morgan fingerprint density at radius 3 is 2.12 bits per heavy atom. The van der Waals surface area contributed by atoms with E-state index in [0.717, 1.165) is 4.90 Å². The largest absolute Gasteiger partial charge is 0.463 e. The minimum atomic E-state index is -1.29. The average molecular weight is 477 g/mol. The molecular weight excluding hydrogens is 444 g/mol. The Morgan fingerprint density at radius 1 is 1.06 bits per heavy atom. The van der Waals surface area contributed by atoms with Gasteiger partial charge in [0.2, 0.25) is 11.8 Å². The van der Waals surface area contributed by atoms with Gasteiger partial charge in [-0.1, -0.05) is 32.0 Å². The Hall–Kier alpha value is -3.43. The van der Waals surface area contributed by atoms with Crippen molar-refractivity contribution < 1.29 is 38.2 Å². The highest BCUT2D eigenvalue weighted by atomic mass is 16.6. The summed E-state index contributed by atoms with van der Waals surface area (Å²) in [6, 6.07) is 6.66. The van der Waals surface area contributed by atoms with E-state index in [2.05, 4.69) is 5.32 Å². The highest BCUT2D eigenvalue weighted by Crippen LogP contribution is 2.42. The summed E-state index contributed by atoms with van der Waals surface area (Å²) in [4.78, 5) is 62.8. The third-order valence-corrected chi connectivity index (χ3v) is 5.98. The molecule has 3 amide bonds. The second-order valence-corrected chi connectivity index (χ2v) is 8.24. The minimum absolute atomic E-state index is 0.0340. The maximum absolute atomic E-state index is 13.3. The van der Waals surface area contributed by atoms with Crippen molar-refractivity contribution in [1.29, 1.82) is 0 Å².